The van der Waals surface area contributed by atoms with Gasteiger partial charge in [-0.25, -0.2) is 4.79 Å². The Morgan fingerprint density at radius 1 is 1.44 bits per heavy atom. The number of ether oxygens (including phenoxy) is 1. The Kier molecular flexibility index (Phi) is 7.06. The molecule has 1 aromatic rings. The summed E-state index contributed by atoms with van der Waals surface area (Å²) in [5.74, 6) is 0.605. The van der Waals surface area contributed by atoms with E-state index in [-0.39, 0.29) is 31.1 Å². The molecule has 7 heteroatoms. The second kappa shape index (κ2) is 9.27. The van der Waals surface area contributed by atoms with E-state index in [2.05, 4.69) is 10.6 Å². The van der Waals surface area contributed by atoms with Crippen LogP contribution in [0.1, 0.15) is 25.8 Å². The zero-order chi connectivity index (χ0) is 18.2. The normalized spacial score (nSPS) is 17.4. The number of para-hydroxylation sites is 1. The Balaban J connectivity index is 1.91. The van der Waals surface area contributed by atoms with Crippen LogP contribution in [0.4, 0.5) is 4.79 Å². The molecule has 1 unspecified atom stereocenters. The van der Waals surface area contributed by atoms with Gasteiger partial charge < -0.3 is 25.4 Å². The number of aliphatic hydroxyl groups excluding tert-OH is 1. The standard InChI is InChI=1S/C18H27N3O4/c1-13(2)25-16-6-4-3-5-14(16)7-9-20-18(24)21-11-10-19-17(23)15(21)8-12-22/h3-6,13,15,22H,7-12H2,1-2H3,(H,19,23)(H,20,24). The number of hydrogen-bond acceptors (Lipinski definition) is 4. The molecule has 7 nitrogen and oxygen atoms in total. The highest BCUT2D eigenvalue weighted by atomic mass is 16.5. The number of rotatable bonds is 7. The lowest BCUT2D eigenvalue weighted by atomic mass is 10.1. The second-order valence-corrected chi connectivity index (χ2v) is 6.27. The predicted molar refractivity (Wildman–Crippen MR) is 94.5 cm³/mol. The molecule has 0 radical (unpaired) electrons. The van der Waals surface area contributed by atoms with Crippen molar-refractivity contribution in [2.24, 2.45) is 0 Å². The number of nitrogens with one attached hydrogen (secondary N) is 2. The maximum Gasteiger partial charge on any atom is 0.318 e. The van der Waals surface area contributed by atoms with Crippen LogP contribution >= 0.6 is 0 Å². The van der Waals surface area contributed by atoms with Gasteiger partial charge in [0.2, 0.25) is 5.91 Å². The van der Waals surface area contributed by atoms with E-state index < -0.39 is 6.04 Å². The summed E-state index contributed by atoms with van der Waals surface area (Å²) in [6, 6.07) is 6.86. The van der Waals surface area contributed by atoms with Crippen molar-refractivity contribution in [3.05, 3.63) is 29.8 Å². The third kappa shape index (κ3) is 5.35. The molecule has 138 valence electrons. The van der Waals surface area contributed by atoms with Crippen molar-refractivity contribution in [1.82, 2.24) is 15.5 Å². The zero-order valence-corrected chi connectivity index (χ0v) is 14.8. The largest absolute Gasteiger partial charge is 0.491 e. The third-order valence-electron chi connectivity index (χ3n) is 4.00. The van der Waals surface area contributed by atoms with Gasteiger partial charge in [-0.2, -0.15) is 0 Å². The zero-order valence-electron chi connectivity index (χ0n) is 14.8. The number of carbonyl (C=O) groups excluding carboxylic acids is 2. The molecular weight excluding hydrogens is 322 g/mol. The number of amides is 3. The molecule has 0 bridgehead atoms. The summed E-state index contributed by atoms with van der Waals surface area (Å²) in [7, 11) is 0. The summed E-state index contributed by atoms with van der Waals surface area (Å²) in [5, 5.41) is 14.7. The molecule has 1 fully saturated rings. The fourth-order valence-corrected chi connectivity index (χ4v) is 2.85. The van der Waals surface area contributed by atoms with E-state index in [0.29, 0.717) is 26.1 Å². The summed E-state index contributed by atoms with van der Waals surface area (Å²) in [5.41, 5.74) is 1.03. The van der Waals surface area contributed by atoms with Crippen molar-refractivity contribution in [3.63, 3.8) is 0 Å². The lowest BCUT2D eigenvalue weighted by molar-refractivity contribution is -0.128. The molecule has 2 rings (SSSR count). The van der Waals surface area contributed by atoms with Gasteiger partial charge in [0.25, 0.3) is 0 Å². The molecule has 3 amide bonds. The van der Waals surface area contributed by atoms with Crippen LogP contribution in [0.15, 0.2) is 24.3 Å². The molecule has 0 spiro atoms. The van der Waals surface area contributed by atoms with Gasteiger partial charge in [0.05, 0.1) is 6.10 Å². The topological polar surface area (TPSA) is 90.9 Å². The maximum atomic E-state index is 12.4. The minimum Gasteiger partial charge on any atom is -0.491 e. The Bertz CT molecular complexity index is 591. The van der Waals surface area contributed by atoms with Crippen molar-refractivity contribution in [1.29, 1.82) is 0 Å². The summed E-state index contributed by atoms with van der Waals surface area (Å²) in [6.45, 7) is 5.13. The van der Waals surface area contributed by atoms with E-state index >= 15 is 0 Å². The number of nitrogens with zero attached hydrogens (tertiary/aromatic N) is 1. The van der Waals surface area contributed by atoms with Crippen LogP contribution in [0.25, 0.3) is 0 Å². The summed E-state index contributed by atoms with van der Waals surface area (Å²) in [4.78, 5) is 25.8. The van der Waals surface area contributed by atoms with E-state index in [1.807, 2.05) is 38.1 Å². The maximum absolute atomic E-state index is 12.4. The fraction of sp³-hybridized carbons (Fsp3) is 0.556. The average molecular weight is 349 g/mol. The van der Waals surface area contributed by atoms with Crippen LogP contribution in [0, 0.1) is 0 Å². The Hall–Kier alpha value is -2.28. The Labute approximate surface area is 148 Å². The smallest absolute Gasteiger partial charge is 0.318 e. The van der Waals surface area contributed by atoms with Crippen LogP contribution in [0.2, 0.25) is 0 Å². The SMILES string of the molecule is CC(C)Oc1ccccc1CCNC(=O)N1CCNC(=O)C1CCO. The van der Waals surface area contributed by atoms with Crippen molar-refractivity contribution in [2.45, 2.75) is 38.8 Å². The first-order valence-electron chi connectivity index (χ1n) is 8.70. The molecule has 3 N–H and O–H groups in total. The van der Waals surface area contributed by atoms with Gasteiger partial charge in [-0.3, -0.25) is 4.79 Å². The highest BCUT2D eigenvalue weighted by Crippen LogP contribution is 2.19. The van der Waals surface area contributed by atoms with E-state index in [1.54, 1.807) is 0 Å². The van der Waals surface area contributed by atoms with Gasteiger partial charge >= 0.3 is 6.03 Å². The van der Waals surface area contributed by atoms with Crippen molar-refractivity contribution >= 4 is 11.9 Å². The second-order valence-electron chi connectivity index (χ2n) is 6.27. The van der Waals surface area contributed by atoms with Gasteiger partial charge in [-0.1, -0.05) is 18.2 Å². The quantitative estimate of drug-likeness (QED) is 0.682. The molecule has 1 aliphatic heterocycles. The van der Waals surface area contributed by atoms with Crippen LogP contribution < -0.4 is 15.4 Å². The van der Waals surface area contributed by atoms with E-state index in [0.717, 1.165) is 11.3 Å². The number of benzene rings is 1. The number of urea groups is 1. The molecule has 0 aromatic heterocycles. The predicted octanol–water partition coefficient (Wildman–Crippen LogP) is 0.909. The number of hydrogen-bond donors (Lipinski definition) is 3. The molecule has 25 heavy (non-hydrogen) atoms. The van der Waals surface area contributed by atoms with Crippen LogP contribution in [-0.4, -0.2) is 60.3 Å². The van der Waals surface area contributed by atoms with Crippen molar-refractivity contribution in [3.8, 4) is 5.75 Å². The van der Waals surface area contributed by atoms with Gasteiger partial charge in [-0.15, -0.1) is 0 Å². The number of carbonyl (C=O) groups is 2. The first-order chi connectivity index (χ1) is 12.0. The number of piperazine rings is 1. The first-order valence-corrected chi connectivity index (χ1v) is 8.70. The molecule has 1 aromatic carbocycles. The minimum atomic E-state index is -0.615. The summed E-state index contributed by atoms with van der Waals surface area (Å²) in [6.07, 6.45) is 0.964. The molecule has 0 aliphatic carbocycles. The highest BCUT2D eigenvalue weighted by Gasteiger charge is 2.32. The first kappa shape index (κ1) is 19.1. The monoisotopic (exact) mass is 349 g/mol. The van der Waals surface area contributed by atoms with Gasteiger partial charge in [-0.05, 0) is 38.3 Å². The van der Waals surface area contributed by atoms with Crippen molar-refractivity contribution in [2.75, 3.05) is 26.2 Å². The molecule has 1 atom stereocenters. The van der Waals surface area contributed by atoms with Gasteiger partial charge in [0.1, 0.15) is 11.8 Å². The lowest BCUT2D eigenvalue weighted by Crippen LogP contribution is -2.59. The average Bonchev–Trinajstić information content (AvgIpc) is 2.58. The van der Waals surface area contributed by atoms with E-state index in [9.17, 15) is 9.59 Å². The molecule has 1 saturated heterocycles. The van der Waals surface area contributed by atoms with Crippen LogP contribution in [0.5, 0.6) is 5.75 Å². The minimum absolute atomic E-state index is 0.0850. The summed E-state index contributed by atoms with van der Waals surface area (Å²) >= 11 is 0. The van der Waals surface area contributed by atoms with Gasteiger partial charge in [0.15, 0.2) is 0 Å². The van der Waals surface area contributed by atoms with Crippen molar-refractivity contribution < 1.29 is 19.4 Å². The molecule has 0 saturated carbocycles. The lowest BCUT2D eigenvalue weighted by Gasteiger charge is -2.34. The summed E-state index contributed by atoms with van der Waals surface area (Å²) < 4.78 is 5.78. The molecular formula is C18H27N3O4. The third-order valence-corrected chi connectivity index (χ3v) is 4.00. The fourth-order valence-electron chi connectivity index (χ4n) is 2.85. The molecule has 1 aliphatic rings. The Morgan fingerprint density at radius 3 is 2.92 bits per heavy atom. The van der Waals surface area contributed by atoms with Gasteiger partial charge in [0, 0.05) is 26.2 Å². The Morgan fingerprint density at radius 2 is 2.20 bits per heavy atom. The molecule has 1 heterocycles. The van der Waals surface area contributed by atoms with Crippen LogP contribution in [-0.2, 0) is 11.2 Å². The van der Waals surface area contributed by atoms with E-state index in [1.165, 1.54) is 4.90 Å². The van der Waals surface area contributed by atoms with Crippen LogP contribution in [0.3, 0.4) is 0 Å². The highest BCUT2D eigenvalue weighted by molar-refractivity contribution is 5.88. The van der Waals surface area contributed by atoms with E-state index in [4.69, 9.17) is 9.84 Å². The number of aliphatic hydroxyl groups is 1.